The molecule has 0 bridgehead atoms. The summed E-state index contributed by atoms with van der Waals surface area (Å²) in [6.45, 7) is 4.61. The van der Waals surface area contributed by atoms with Crippen LogP contribution < -0.4 is 0 Å². The van der Waals surface area contributed by atoms with Crippen LogP contribution in [-0.4, -0.2) is 25.3 Å². The molecule has 0 N–H and O–H groups in total. The van der Waals surface area contributed by atoms with Gasteiger partial charge in [-0.05, 0) is 19.8 Å². The summed E-state index contributed by atoms with van der Waals surface area (Å²) in [7, 11) is 0. The molecule has 1 aliphatic rings. The lowest BCUT2D eigenvalue weighted by Crippen LogP contribution is -2.17. The zero-order valence-electron chi connectivity index (χ0n) is 6.54. The predicted octanol–water partition coefficient (Wildman–Crippen LogP) is 0.933. The molecule has 1 atom stereocenters. The Balaban J connectivity index is 2.06. The minimum absolute atomic E-state index is 0.130. The van der Waals surface area contributed by atoms with Crippen molar-refractivity contribution in [3.05, 3.63) is 6.92 Å². The molecule has 1 radical (unpaired) electrons. The van der Waals surface area contributed by atoms with E-state index in [0.717, 1.165) is 19.4 Å². The first-order chi connectivity index (χ1) is 5.33. The number of carbonyl (C=O) groups is 1. The highest BCUT2D eigenvalue weighted by Crippen LogP contribution is 2.11. The molecule has 1 aliphatic heterocycles. The number of esters is 1. The Kier molecular flexibility index (Phi) is 3.36. The average molecular weight is 157 g/mol. The summed E-state index contributed by atoms with van der Waals surface area (Å²) >= 11 is 0. The van der Waals surface area contributed by atoms with Crippen molar-refractivity contribution in [3.63, 3.8) is 0 Å². The summed E-state index contributed by atoms with van der Waals surface area (Å²) in [5.74, 6) is -0.250. The monoisotopic (exact) mass is 157 g/mol. The Bertz CT molecular complexity index is 127. The molecule has 1 fully saturated rings. The van der Waals surface area contributed by atoms with Crippen LogP contribution in [0, 0.1) is 6.92 Å². The molecule has 0 amide bonds. The van der Waals surface area contributed by atoms with Gasteiger partial charge in [-0.3, -0.25) is 4.79 Å². The van der Waals surface area contributed by atoms with E-state index in [9.17, 15) is 4.79 Å². The standard InChI is InChI=1S/C8H13O3/c1-2-8(9)11-6-7-4-3-5-10-7/h7H,1-6H2. The second-order valence-corrected chi connectivity index (χ2v) is 2.57. The maximum absolute atomic E-state index is 10.6. The van der Waals surface area contributed by atoms with Gasteiger partial charge in [0, 0.05) is 13.0 Å². The van der Waals surface area contributed by atoms with Crippen LogP contribution in [0.2, 0.25) is 0 Å². The quantitative estimate of drug-likeness (QED) is 0.572. The highest BCUT2D eigenvalue weighted by molar-refractivity contribution is 5.69. The first kappa shape index (κ1) is 8.53. The third-order valence-electron chi connectivity index (χ3n) is 1.66. The molecule has 0 aromatic carbocycles. The lowest BCUT2D eigenvalue weighted by atomic mass is 10.2. The average Bonchev–Trinajstić information content (AvgIpc) is 2.52. The highest BCUT2D eigenvalue weighted by atomic mass is 16.6. The zero-order chi connectivity index (χ0) is 8.10. The van der Waals surface area contributed by atoms with Crippen molar-refractivity contribution in [1.82, 2.24) is 0 Å². The van der Waals surface area contributed by atoms with Gasteiger partial charge in [-0.2, -0.15) is 0 Å². The Morgan fingerprint density at radius 3 is 3.09 bits per heavy atom. The van der Waals surface area contributed by atoms with Gasteiger partial charge in [0.2, 0.25) is 0 Å². The molecule has 1 unspecified atom stereocenters. The number of hydrogen-bond acceptors (Lipinski definition) is 3. The van der Waals surface area contributed by atoms with Crippen LogP contribution in [0.1, 0.15) is 19.3 Å². The first-order valence-corrected chi connectivity index (χ1v) is 3.89. The molecule has 0 aromatic heterocycles. The molecule has 0 spiro atoms. The van der Waals surface area contributed by atoms with Crippen LogP contribution in [0.5, 0.6) is 0 Å². The highest BCUT2D eigenvalue weighted by Gasteiger charge is 2.16. The van der Waals surface area contributed by atoms with Crippen molar-refractivity contribution < 1.29 is 14.3 Å². The first-order valence-electron chi connectivity index (χ1n) is 3.89. The molecule has 0 aliphatic carbocycles. The van der Waals surface area contributed by atoms with Crippen LogP contribution in [0.25, 0.3) is 0 Å². The fraction of sp³-hybridized carbons (Fsp3) is 0.750. The predicted molar refractivity (Wildman–Crippen MR) is 39.9 cm³/mol. The van der Waals surface area contributed by atoms with Gasteiger partial charge in [-0.1, -0.05) is 0 Å². The summed E-state index contributed by atoms with van der Waals surface area (Å²) < 4.78 is 10.1. The lowest BCUT2D eigenvalue weighted by molar-refractivity contribution is -0.145. The van der Waals surface area contributed by atoms with Gasteiger partial charge in [-0.25, -0.2) is 0 Å². The van der Waals surface area contributed by atoms with Crippen molar-refractivity contribution in [1.29, 1.82) is 0 Å². The maximum Gasteiger partial charge on any atom is 0.305 e. The Hall–Kier alpha value is -0.570. The van der Waals surface area contributed by atoms with E-state index < -0.39 is 0 Å². The number of carbonyl (C=O) groups excluding carboxylic acids is 1. The molecule has 3 nitrogen and oxygen atoms in total. The third kappa shape index (κ3) is 2.89. The van der Waals surface area contributed by atoms with Gasteiger partial charge in [0.05, 0.1) is 6.10 Å². The van der Waals surface area contributed by atoms with Crippen molar-refractivity contribution in [2.24, 2.45) is 0 Å². The summed E-state index contributed by atoms with van der Waals surface area (Å²) in [5.41, 5.74) is 0. The molecule has 1 rings (SSSR count). The van der Waals surface area contributed by atoms with E-state index in [2.05, 4.69) is 6.92 Å². The molecule has 1 saturated heterocycles. The van der Waals surface area contributed by atoms with Crippen LogP contribution in [0.3, 0.4) is 0 Å². The minimum atomic E-state index is -0.250. The van der Waals surface area contributed by atoms with Crippen LogP contribution in [0.4, 0.5) is 0 Å². The normalized spacial score (nSPS) is 23.5. The van der Waals surface area contributed by atoms with E-state index >= 15 is 0 Å². The molecule has 3 heteroatoms. The third-order valence-corrected chi connectivity index (χ3v) is 1.66. The summed E-state index contributed by atoms with van der Waals surface area (Å²) in [6.07, 6.45) is 2.41. The van der Waals surface area contributed by atoms with Crippen LogP contribution >= 0.6 is 0 Å². The Morgan fingerprint density at radius 1 is 1.73 bits per heavy atom. The Morgan fingerprint density at radius 2 is 2.55 bits per heavy atom. The largest absolute Gasteiger partial charge is 0.463 e. The molecule has 63 valence electrons. The Labute approximate surface area is 66.7 Å². The van der Waals surface area contributed by atoms with E-state index in [4.69, 9.17) is 9.47 Å². The van der Waals surface area contributed by atoms with E-state index in [1.54, 1.807) is 0 Å². The van der Waals surface area contributed by atoms with E-state index in [0.29, 0.717) is 6.61 Å². The fourth-order valence-corrected chi connectivity index (χ4v) is 1.03. The molecule has 11 heavy (non-hydrogen) atoms. The fourth-order valence-electron chi connectivity index (χ4n) is 1.03. The van der Waals surface area contributed by atoms with Crippen molar-refractivity contribution >= 4 is 5.97 Å². The SMILES string of the molecule is [CH2]CC(=O)OCC1CCCO1. The van der Waals surface area contributed by atoms with Gasteiger partial charge in [0.25, 0.3) is 0 Å². The summed E-state index contributed by atoms with van der Waals surface area (Å²) in [4.78, 5) is 10.6. The minimum Gasteiger partial charge on any atom is -0.463 e. The van der Waals surface area contributed by atoms with Crippen LogP contribution in [0.15, 0.2) is 0 Å². The van der Waals surface area contributed by atoms with Gasteiger partial charge < -0.3 is 9.47 Å². The maximum atomic E-state index is 10.6. The molecule has 0 aromatic rings. The zero-order valence-corrected chi connectivity index (χ0v) is 6.54. The summed E-state index contributed by atoms with van der Waals surface area (Å²) in [6, 6.07) is 0. The van der Waals surface area contributed by atoms with E-state index in [1.807, 2.05) is 0 Å². The second-order valence-electron chi connectivity index (χ2n) is 2.57. The van der Waals surface area contributed by atoms with Gasteiger partial charge in [-0.15, -0.1) is 0 Å². The molecular formula is C8H13O3. The number of rotatable bonds is 3. The van der Waals surface area contributed by atoms with E-state index in [-0.39, 0.29) is 18.5 Å². The summed E-state index contributed by atoms with van der Waals surface area (Å²) in [5, 5.41) is 0. The number of ether oxygens (including phenoxy) is 2. The smallest absolute Gasteiger partial charge is 0.305 e. The van der Waals surface area contributed by atoms with Crippen molar-refractivity contribution in [2.45, 2.75) is 25.4 Å². The van der Waals surface area contributed by atoms with Crippen molar-refractivity contribution in [3.8, 4) is 0 Å². The van der Waals surface area contributed by atoms with Gasteiger partial charge >= 0.3 is 5.97 Å². The number of hydrogen-bond donors (Lipinski definition) is 0. The van der Waals surface area contributed by atoms with Gasteiger partial charge in [0.1, 0.15) is 6.61 Å². The topological polar surface area (TPSA) is 35.5 Å². The molecule has 1 heterocycles. The molecule has 0 saturated carbocycles. The van der Waals surface area contributed by atoms with E-state index in [1.165, 1.54) is 0 Å². The molecular weight excluding hydrogens is 144 g/mol. The van der Waals surface area contributed by atoms with Crippen molar-refractivity contribution in [2.75, 3.05) is 13.2 Å². The second kappa shape index (κ2) is 4.34. The lowest BCUT2D eigenvalue weighted by Gasteiger charge is -2.08. The van der Waals surface area contributed by atoms with Crippen LogP contribution in [-0.2, 0) is 14.3 Å². The van der Waals surface area contributed by atoms with Gasteiger partial charge in [0.15, 0.2) is 0 Å².